The predicted molar refractivity (Wildman–Crippen MR) is 54.0 cm³/mol. The molecule has 4 nitrogen and oxygen atoms in total. The smallest absolute Gasteiger partial charge is 0.317 e. The summed E-state index contributed by atoms with van der Waals surface area (Å²) in [6.07, 6.45) is 0. The minimum atomic E-state index is -0.173. The summed E-state index contributed by atoms with van der Waals surface area (Å²) in [5.74, 6) is 0.201. The van der Waals surface area contributed by atoms with Crippen molar-refractivity contribution in [2.24, 2.45) is 0 Å². The fraction of sp³-hybridized carbons (Fsp3) is 0.300. The number of rotatable bonds is 2. The van der Waals surface area contributed by atoms with Crippen LogP contribution in [0.3, 0.4) is 0 Å². The van der Waals surface area contributed by atoms with Crippen LogP contribution in [0.5, 0.6) is 5.75 Å². The van der Waals surface area contributed by atoms with E-state index in [9.17, 15) is 9.90 Å². The minimum absolute atomic E-state index is 0.173. The zero-order chi connectivity index (χ0) is 10.6. The number of hydrogen-bond acceptors (Lipinski definition) is 2. The van der Waals surface area contributed by atoms with Crippen molar-refractivity contribution in [1.82, 2.24) is 10.2 Å². The number of carbonyl (C=O) groups is 1. The highest BCUT2D eigenvalue weighted by molar-refractivity contribution is 5.73. The average Bonchev–Trinajstić information content (AvgIpc) is 2.16. The molecule has 4 heteroatoms. The van der Waals surface area contributed by atoms with Gasteiger partial charge in [0.25, 0.3) is 0 Å². The van der Waals surface area contributed by atoms with E-state index in [1.54, 1.807) is 32.3 Å². The Hall–Kier alpha value is -1.71. The lowest BCUT2D eigenvalue weighted by atomic mass is 10.2. The molecule has 0 aromatic heterocycles. The Kier molecular flexibility index (Phi) is 3.34. The third-order valence-corrected chi connectivity index (χ3v) is 1.83. The first kappa shape index (κ1) is 10.4. The van der Waals surface area contributed by atoms with E-state index in [2.05, 4.69) is 5.32 Å². The van der Waals surface area contributed by atoms with Crippen molar-refractivity contribution in [2.45, 2.75) is 6.54 Å². The second kappa shape index (κ2) is 4.50. The number of carbonyl (C=O) groups excluding carboxylic acids is 1. The Labute approximate surface area is 83.2 Å². The number of phenols is 1. The molecule has 0 aliphatic carbocycles. The molecule has 0 heterocycles. The van der Waals surface area contributed by atoms with Crippen LogP contribution in [0.1, 0.15) is 5.56 Å². The van der Waals surface area contributed by atoms with Crippen LogP contribution in [-0.4, -0.2) is 30.1 Å². The van der Waals surface area contributed by atoms with E-state index >= 15 is 0 Å². The van der Waals surface area contributed by atoms with Crippen molar-refractivity contribution in [3.05, 3.63) is 29.8 Å². The quantitative estimate of drug-likeness (QED) is 0.742. The van der Waals surface area contributed by atoms with E-state index < -0.39 is 0 Å². The molecular formula is C10H14N2O2. The number of amides is 2. The van der Waals surface area contributed by atoms with Gasteiger partial charge in [-0.2, -0.15) is 0 Å². The molecule has 14 heavy (non-hydrogen) atoms. The highest BCUT2D eigenvalue weighted by Crippen LogP contribution is 2.14. The average molecular weight is 194 g/mol. The maximum Gasteiger partial charge on any atom is 0.317 e. The van der Waals surface area contributed by atoms with Crippen LogP contribution in [0.2, 0.25) is 0 Å². The minimum Gasteiger partial charge on any atom is -0.508 e. The van der Waals surface area contributed by atoms with E-state index in [4.69, 9.17) is 0 Å². The molecule has 0 bridgehead atoms. The van der Waals surface area contributed by atoms with Crippen LogP contribution < -0.4 is 5.32 Å². The van der Waals surface area contributed by atoms with Gasteiger partial charge in [-0.05, 0) is 6.07 Å². The lowest BCUT2D eigenvalue weighted by molar-refractivity contribution is 0.217. The van der Waals surface area contributed by atoms with E-state index in [1.165, 1.54) is 4.90 Å². The van der Waals surface area contributed by atoms with Crippen molar-refractivity contribution >= 4 is 6.03 Å². The molecule has 1 aromatic carbocycles. The molecule has 0 atom stereocenters. The molecule has 2 N–H and O–H groups in total. The zero-order valence-corrected chi connectivity index (χ0v) is 8.32. The van der Waals surface area contributed by atoms with Crippen molar-refractivity contribution in [3.63, 3.8) is 0 Å². The molecule has 76 valence electrons. The van der Waals surface area contributed by atoms with Crippen LogP contribution in [0, 0.1) is 0 Å². The van der Waals surface area contributed by atoms with Crippen LogP contribution in [-0.2, 0) is 6.54 Å². The third kappa shape index (κ3) is 2.65. The summed E-state index contributed by atoms with van der Waals surface area (Å²) in [6, 6.07) is 6.75. The SMILES string of the molecule is CN(C)C(=O)NCc1ccccc1O. The molecule has 0 spiro atoms. The molecule has 1 rings (SSSR count). The molecular weight excluding hydrogens is 180 g/mol. The van der Waals surface area contributed by atoms with E-state index in [0.717, 1.165) is 0 Å². The van der Waals surface area contributed by atoms with Crippen LogP contribution in [0.4, 0.5) is 4.79 Å². The summed E-state index contributed by atoms with van der Waals surface area (Å²) in [5.41, 5.74) is 0.711. The Morgan fingerprint density at radius 2 is 2.07 bits per heavy atom. The van der Waals surface area contributed by atoms with Crippen molar-refractivity contribution < 1.29 is 9.90 Å². The molecule has 0 saturated heterocycles. The lowest BCUT2D eigenvalue weighted by Gasteiger charge is -2.12. The number of hydrogen-bond donors (Lipinski definition) is 2. The van der Waals surface area contributed by atoms with Gasteiger partial charge in [0, 0.05) is 26.2 Å². The summed E-state index contributed by atoms with van der Waals surface area (Å²) in [4.78, 5) is 12.6. The van der Waals surface area contributed by atoms with Crippen molar-refractivity contribution in [2.75, 3.05) is 14.1 Å². The highest BCUT2D eigenvalue weighted by atomic mass is 16.3. The molecule has 0 unspecified atom stereocenters. The predicted octanol–water partition coefficient (Wildman–Crippen LogP) is 1.16. The van der Waals surface area contributed by atoms with Crippen molar-refractivity contribution in [3.8, 4) is 5.75 Å². The van der Waals surface area contributed by atoms with Crippen LogP contribution >= 0.6 is 0 Å². The molecule has 0 aliphatic heterocycles. The van der Waals surface area contributed by atoms with Crippen LogP contribution in [0.25, 0.3) is 0 Å². The molecule has 0 fully saturated rings. The molecule has 0 aliphatic rings. The first-order valence-electron chi connectivity index (χ1n) is 4.33. The zero-order valence-electron chi connectivity index (χ0n) is 8.32. The fourth-order valence-corrected chi connectivity index (χ4v) is 0.989. The van der Waals surface area contributed by atoms with Gasteiger partial charge >= 0.3 is 6.03 Å². The summed E-state index contributed by atoms with van der Waals surface area (Å²) in [6.45, 7) is 0.337. The van der Waals surface area contributed by atoms with E-state index in [0.29, 0.717) is 12.1 Å². The molecule has 1 aromatic rings. The standard InChI is InChI=1S/C10H14N2O2/c1-12(2)10(14)11-7-8-5-3-4-6-9(8)13/h3-6,13H,7H2,1-2H3,(H,11,14). The van der Waals surface area contributed by atoms with Crippen molar-refractivity contribution in [1.29, 1.82) is 0 Å². The highest BCUT2D eigenvalue weighted by Gasteiger charge is 2.04. The summed E-state index contributed by atoms with van der Waals surface area (Å²) in [7, 11) is 3.33. The Morgan fingerprint density at radius 1 is 1.43 bits per heavy atom. The number of phenolic OH excluding ortho intramolecular Hbond substituents is 1. The normalized spacial score (nSPS) is 9.57. The summed E-state index contributed by atoms with van der Waals surface area (Å²) >= 11 is 0. The van der Waals surface area contributed by atoms with Gasteiger partial charge < -0.3 is 15.3 Å². The largest absolute Gasteiger partial charge is 0.508 e. The molecule has 0 saturated carbocycles. The number of nitrogens with zero attached hydrogens (tertiary/aromatic N) is 1. The van der Waals surface area contributed by atoms with Gasteiger partial charge in [-0.25, -0.2) is 4.79 Å². The maximum absolute atomic E-state index is 11.2. The van der Waals surface area contributed by atoms with Gasteiger partial charge in [0.1, 0.15) is 5.75 Å². The lowest BCUT2D eigenvalue weighted by Crippen LogP contribution is -2.33. The number of urea groups is 1. The Bertz CT molecular complexity index is 324. The van der Waals surface area contributed by atoms with Gasteiger partial charge in [-0.15, -0.1) is 0 Å². The Morgan fingerprint density at radius 3 is 2.64 bits per heavy atom. The number of para-hydroxylation sites is 1. The number of aromatic hydroxyl groups is 1. The first-order chi connectivity index (χ1) is 6.61. The first-order valence-corrected chi connectivity index (χ1v) is 4.33. The van der Waals surface area contributed by atoms with Gasteiger partial charge in [0.2, 0.25) is 0 Å². The summed E-state index contributed by atoms with van der Waals surface area (Å²) in [5, 5.41) is 12.1. The van der Waals surface area contributed by atoms with Gasteiger partial charge in [0.15, 0.2) is 0 Å². The van der Waals surface area contributed by atoms with Gasteiger partial charge in [-0.3, -0.25) is 0 Å². The van der Waals surface area contributed by atoms with Crippen LogP contribution in [0.15, 0.2) is 24.3 Å². The van der Waals surface area contributed by atoms with E-state index in [-0.39, 0.29) is 11.8 Å². The second-order valence-corrected chi connectivity index (χ2v) is 3.18. The number of benzene rings is 1. The maximum atomic E-state index is 11.2. The number of nitrogens with one attached hydrogen (secondary N) is 1. The molecule has 0 radical (unpaired) electrons. The fourth-order valence-electron chi connectivity index (χ4n) is 0.989. The second-order valence-electron chi connectivity index (χ2n) is 3.18. The summed E-state index contributed by atoms with van der Waals surface area (Å²) < 4.78 is 0. The van der Waals surface area contributed by atoms with E-state index in [1.807, 2.05) is 6.07 Å². The van der Waals surface area contributed by atoms with Gasteiger partial charge in [-0.1, -0.05) is 18.2 Å². The third-order valence-electron chi connectivity index (χ3n) is 1.83. The topological polar surface area (TPSA) is 52.6 Å². The monoisotopic (exact) mass is 194 g/mol. The Balaban J connectivity index is 2.54. The van der Waals surface area contributed by atoms with Gasteiger partial charge in [0.05, 0.1) is 0 Å². The molecule has 2 amide bonds.